The summed E-state index contributed by atoms with van der Waals surface area (Å²) in [7, 11) is -1.24. The van der Waals surface area contributed by atoms with Crippen LogP contribution in [0.5, 0.6) is 0 Å². The molecule has 0 aromatic carbocycles. The molecule has 0 radical (unpaired) electrons. The van der Waals surface area contributed by atoms with Gasteiger partial charge in [0.2, 0.25) is 5.41 Å². The van der Waals surface area contributed by atoms with Crippen molar-refractivity contribution < 1.29 is 33.1 Å². The minimum absolute atomic E-state index is 0.0703. The lowest BCUT2D eigenvalue weighted by Crippen LogP contribution is -2.50. The third kappa shape index (κ3) is 8.16. The summed E-state index contributed by atoms with van der Waals surface area (Å²) < 4.78 is 25.8. The van der Waals surface area contributed by atoms with Crippen LogP contribution in [0.15, 0.2) is 0 Å². The van der Waals surface area contributed by atoms with E-state index in [-0.39, 0.29) is 19.8 Å². The minimum Gasteiger partial charge on any atom is -0.465 e. The Hall–Kier alpha value is -1.28. The molecule has 0 spiro atoms. The number of hydrogen-bond donors (Lipinski definition) is 0. The Morgan fingerprint density at radius 2 is 1.14 bits per heavy atom. The molecule has 10 heteroatoms. The van der Waals surface area contributed by atoms with Gasteiger partial charge in [0.15, 0.2) is 8.45 Å². The van der Waals surface area contributed by atoms with Crippen LogP contribution in [-0.4, -0.2) is 79.9 Å². The summed E-state index contributed by atoms with van der Waals surface area (Å²) in [5, 5.41) is 0. The summed E-state index contributed by atoms with van der Waals surface area (Å²) in [6.45, 7) is 14.9. The van der Waals surface area contributed by atoms with Crippen LogP contribution in [0.4, 0.5) is 0 Å². The van der Waals surface area contributed by atoms with Gasteiger partial charge in [-0.1, -0.05) is 27.7 Å². The average Bonchev–Trinajstić information content (AvgIpc) is 2.69. The van der Waals surface area contributed by atoms with Crippen LogP contribution < -0.4 is 0 Å². The fourth-order valence-corrected chi connectivity index (χ4v) is 4.55. The van der Waals surface area contributed by atoms with Crippen LogP contribution in [0, 0.1) is 5.41 Å². The van der Waals surface area contributed by atoms with Gasteiger partial charge in [0.05, 0.1) is 19.8 Å². The van der Waals surface area contributed by atoms with E-state index >= 15 is 0 Å². The number of rotatable bonds is 15. The van der Waals surface area contributed by atoms with Crippen molar-refractivity contribution in [1.29, 1.82) is 0 Å². The molecular formula is C19H37N2O7P. The number of hydrogen-bond acceptors (Lipinski definition) is 9. The van der Waals surface area contributed by atoms with Crippen molar-refractivity contribution in [3.05, 3.63) is 0 Å². The molecule has 0 unspecified atom stereocenters. The summed E-state index contributed by atoms with van der Waals surface area (Å²) in [4.78, 5) is 37.0. The number of nitrogens with zero attached hydrogens (tertiary/aromatic N) is 2. The molecular weight excluding hydrogens is 399 g/mol. The Morgan fingerprint density at radius 3 is 1.45 bits per heavy atom. The highest BCUT2D eigenvalue weighted by atomic mass is 31.2. The molecule has 9 nitrogen and oxygen atoms in total. The molecule has 0 heterocycles. The van der Waals surface area contributed by atoms with Crippen LogP contribution in [0.25, 0.3) is 0 Å². The first-order valence-electron chi connectivity index (χ1n) is 10.2. The lowest BCUT2D eigenvalue weighted by molar-refractivity contribution is -0.180. The molecule has 0 aliphatic carbocycles. The third-order valence-electron chi connectivity index (χ3n) is 4.22. The Morgan fingerprint density at radius 1 is 0.724 bits per heavy atom. The SMILES string of the molecule is CCOC(=O)C(COC(C)=O)(COP(N(CC)CC)N(CC)CC)C(=O)OCC. The smallest absolute Gasteiger partial charge is 0.329 e. The van der Waals surface area contributed by atoms with Crippen LogP contribution in [0.1, 0.15) is 48.5 Å². The van der Waals surface area contributed by atoms with Gasteiger partial charge in [-0.25, -0.2) is 9.34 Å². The van der Waals surface area contributed by atoms with E-state index in [1.807, 2.05) is 27.7 Å². The van der Waals surface area contributed by atoms with Gasteiger partial charge in [0.25, 0.3) is 0 Å². The third-order valence-corrected chi connectivity index (χ3v) is 6.68. The van der Waals surface area contributed by atoms with Crippen LogP contribution >= 0.6 is 8.45 Å². The van der Waals surface area contributed by atoms with Crippen molar-refractivity contribution >= 4 is 26.4 Å². The first-order chi connectivity index (χ1) is 13.8. The zero-order valence-corrected chi connectivity index (χ0v) is 19.8. The Bertz CT molecular complexity index is 481. The Balaban J connectivity index is 5.96. The highest BCUT2D eigenvalue weighted by Crippen LogP contribution is 2.46. The molecule has 0 aromatic heterocycles. The Labute approximate surface area is 175 Å². The van der Waals surface area contributed by atoms with E-state index in [9.17, 15) is 14.4 Å². The molecule has 0 amide bonds. The highest BCUT2D eigenvalue weighted by molar-refractivity contribution is 7.47. The van der Waals surface area contributed by atoms with E-state index < -0.39 is 38.4 Å². The molecule has 0 N–H and O–H groups in total. The number of esters is 3. The maximum absolute atomic E-state index is 12.8. The molecule has 0 fully saturated rings. The quantitative estimate of drug-likeness (QED) is 0.166. The molecule has 0 saturated carbocycles. The van der Waals surface area contributed by atoms with Crippen LogP contribution in [0.3, 0.4) is 0 Å². The first-order valence-corrected chi connectivity index (χ1v) is 11.3. The molecule has 29 heavy (non-hydrogen) atoms. The van der Waals surface area contributed by atoms with Gasteiger partial charge in [0.1, 0.15) is 6.61 Å². The van der Waals surface area contributed by atoms with Crippen LogP contribution in [-0.2, 0) is 33.1 Å². The monoisotopic (exact) mass is 436 g/mol. The molecule has 0 bridgehead atoms. The van der Waals surface area contributed by atoms with Crippen molar-refractivity contribution in [1.82, 2.24) is 9.34 Å². The van der Waals surface area contributed by atoms with Gasteiger partial charge in [-0.15, -0.1) is 0 Å². The van der Waals surface area contributed by atoms with E-state index in [4.69, 9.17) is 18.7 Å². The second kappa shape index (κ2) is 14.7. The summed E-state index contributed by atoms with van der Waals surface area (Å²) in [6, 6.07) is 0. The molecule has 0 saturated heterocycles. The standard InChI is InChI=1S/C19H37N2O7P/c1-8-20(9-2)29(21(10-3)11-4)28-15-19(14-27-16(7)22,17(23)25-12-5)18(24)26-13-6/h8-15H2,1-7H3. The predicted octanol–water partition coefficient (Wildman–Crippen LogP) is 2.59. The molecule has 0 rings (SSSR count). The van der Waals surface area contributed by atoms with Gasteiger partial charge < -0.3 is 18.7 Å². The second-order valence-corrected chi connectivity index (χ2v) is 8.00. The largest absolute Gasteiger partial charge is 0.465 e. The fraction of sp³-hybridized carbons (Fsp3) is 0.842. The van der Waals surface area contributed by atoms with E-state index in [0.717, 1.165) is 26.2 Å². The van der Waals surface area contributed by atoms with Gasteiger partial charge >= 0.3 is 17.9 Å². The topological polar surface area (TPSA) is 94.6 Å². The average molecular weight is 436 g/mol. The van der Waals surface area contributed by atoms with Gasteiger partial charge in [-0.2, -0.15) is 0 Å². The van der Waals surface area contributed by atoms with Crippen molar-refractivity contribution in [2.24, 2.45) is 5.41 Å². The van der Waals surface area contributed by atoms with E-state index in [1.165, 1.54) is 6.92 Å². The minimum atomic E-state index is -1.88. The summed E-state index contributed by atoms with van der Waals surface area (Å²) in [6.07, 6.45) is 0. The van der Waals surface area contributed by atoms with Gasteiger partial charge in [-0.3, -0.25) is 14.4 Å². The first kappa shape index (κ1) is 27.7. The fourth-order valence-electron chi connectivity index (χ4n) is 2.57. The van der Waals surface area contributed by atoms with Crippen molar-refractivity contribution in [2.45, 2.75) is 48.5 Å². The normalized spacial score (nSPS) is 11.8. The lowest BCUT2D eigenvalue weighted by atomic mass is 9.90. The molecule has 0 aromatic rings. The van der Waals surface area contributed by atoms with E-state index in [0.29, 0.717) is 0 Å². The predicted molar refractivity (Wildman–Crippen MR) is 111 cm³/mol. The van der Waals surface area contributed by atoms with Crippen LogP contribution in [0.2, 0.25) is 0 Å². The van der Waals surface area contributed by atoms with Crippen molar-refractivity contribution in [2.75, 3.05) is 52.6 Å². The Kier molecular flexibility index (Phi) is 14.0. The maximum atomic E-state index is 12.8. The van der Waals surface area contributed by atoms with Crippen molar-refractivity contribution in [3.63, 3.8) is 0 Å². The molecule has 170 valence electrons. The summed E-state index contributed by atoms with van der Waals surface area (Å²) in [5.41, 5.74) is -1.88. The van der Waals surface area contributed by atoms with Crippen molar-refractivity contribution in [3.8, 4) is 0 Å². The zero-order valence-electron chi connectivity index (χ0n) is 18.9. The number of carbonyl (C=O) groups excluding carboxylic acids is 3. The second-order valence-electron chi connectivity index (χ2n) is 6.11. The summed E-state index contributed by atoms with van der Waals surface area (Å²) >= 11 is 0. The number of ether oxygens (including phenoxy) is 3. The van der Waals surface area contributed by atoms with E-state index in [2.05, 4.69) is 9.34 Å². The molecule has 0 aliphatic rings. The van der Waals surface area contributed by atoms with Gasteiger partial charge in [-0.05, 0) is 13.8 Å². The molecule has 0 atom stereocenters. The zero-order chi connectivity index (χ0) is 22.4. The maximum Gasteiger partial charge on any atom is 0.329 e. The number of carbonyl (C=O) groups is 3. The van der Waals surface area contributed by atoms with E-state index in [1.54, 1.807) is 13.8 Å². The highest BCUT2D eigenvalue weighted by Gasteiger charge is 2.52. The van der Waals surface area contributed by atoms with Gasteiger partial charge in [0, 0.05) is 33.1 Å². The summed E-state index contributed by atoms with van der Waals surface area (Å²) in [5.74, 6) is -2.26. The molecule has 0 aliphatic heterocycles. The lowest BCUT2D eigenvalue weighted by Gasteiger charge is -2.38.